The van der Waals surface area contributed by atoms with Crippen molar-refractivity contribution >= 4 is 22.4 Å². The molecule has 2 aliphatic rings. The summed E-state index contributed by atoms with van der Waals surface area (Å²) in [6.45, 7) is 2.30. The summed E-state index contributed by atoms with van der Waals surface area (Å²) in [5, 5.41) is 2.23. The monoisotopic (exact) mass is 400 g/mol. The first kappa shape index (κ1) is 20.2. The molecule has 4 unspecified atom stereocenters. The van der Waals surface area contributed by atoms with E-state index in [4.69, 9.17) is 11.6 Å². The third-order valence-corrected chi connectivity index (χ3v) is 7.85. The minimum atomic E-state index is -0.313. The van der Waals surface area contributed by atoms with E-state index in [0.29, 0.717) is 5.92 Å². The van der Waals surface area contributed by atoms with Gasteiger partial charge in [-0.3, -0.25) is 0 Å². The van der Waals surface area contributed by atoms with E-state index < -0.39 is 0 Å². The van der Waals surface area contributed by atoms with Crippen LogP contribution in [-0.2, 0) is 0 Å². The fraction of sp³-hybridized carbons (Fsp3) is 0.615. The van der Waals surface area contributed by atoms with E-state index >= 15 is 0 Å². The molecule has 152 valence electrons. The number of rotatable bonds is 6. The van der Waals surface area contributed by atoms with Gasteiger partial charge in [-0.2, -0.15) is 0 Å². The highest BCUT2D eigenvalue weighted by atomic mass is 35.5. The molecule has 0 spiro atoms. The number of halogens is 2. The van der Waals surface area contributed by atoms with Crippen LogP contribution in [0.5, 0.6) is 0 Å². The van der Waals surface area contributed by atoms with Gasteiger partial charge in [-0.05, 0) is 84.2 Å². The van der Waals surface area contributed by atoms with Crippen LogP contribution in [0.25, 0.3) is 10.8 Å². The summed E-state index contributed by atoms with van der Waals surface area (Å²) in [6.07, 6.45) is 15.4. The fourth-order valence-electron chi connectivity index (χ4n) is 5.93. The van der Waals surface area contributed by atoms with Crippen molar-refractivity contribution in [2.45, 2.75) is 83.5 Å². The lowest BCUT2D eigenvalue weighted by atomic mass is 9.63. The molecule has 28 heavy (non-hydrogen) atoms. The van der Waals surface area contributed by atoms with Crippen LogP contribution in [0.2, 0.25) is 5.02 Å². The number of hydrogen-bond acceptors (Lipinski definition) is 0. The van der Waals surface area contributed by atoms with Crippen molar-refractivity contribution < 1.29 is 4.39 Å². The van der Waals surface area contributed by atoms with E-state index in [2.05, 4.69) is 25.1 Å². The van der Waals surface area contributed by atoms with E-state index in [1.807, 2.05) is 0 Å². The van der Waals surface area contributed by atoms with Crippen molar-refractivity contribution in [3.05, 3.63) is 46.7 Å². The second kappa shape index (κ2) is 9.16. The Morgan fingerprint density at radius 1 is 0.893 bits per heavy atom. The van der Waals surface area contributed by atoms with Gasteiger partial charge < -0.3 is 0 Å². The molecule has 2 saturated carbocycles. The molecule has 0 amide bonds. The molecule has 2 aromatic rings. The summed E-state index contributed by atoms with van der Waals surface area (Å²) >= 11 is 5.94. The number of hydrogen-bond donors (Lipinski definition) is 0. The molecular weight excluding hydrogens is 367 g/mol. The van der Waals surface area contributed by atoms with Crippen LogP contribution in [0.15, 0.2) is 30.3 Å². The van der Waals surface area contributed by atoms with Gasteiger partial charge in [-0.1, -0.05) is 75.2 Å². The maximum atomic E-state index is 13.9. The van der Waals surface area contributed by atoms with Gasteiger partial charge in [0.05, 0.1) is 5.02 Å². The third kappa shape index (κ3) is 4.56. The molecule has 0 aromatic heterocycles. The van der Waals surface area contributed by atoms with Crippen LogP contribution < -0.4 is 0 Å². The lowest BCUT2D eigenvalue weighted by Crippen LogP contribution is -2.30. The van der Waals surface area contributed by atoms with E-state index in [1.165, 1.54) is 76.2 Å². The van der Waals surface area contributed by atoms with Gasteiger partial charge in [0, 0.05) is 0 Å². The first-order valence-corrected chi connectivity index (χ1v) is 11.9. The van der Waals surface area contributed by atoms with Crippen molar-refractivity contribution in [2.75, 3.05) is 0 Å². The molecular formula is C26H34ClF. The van der Waals surface area contributed by atoms with Crippen LogP contribution in [0.1, 0.15) is 89.0 Å². The first-order valence-electron chi connectivity index (χ1n) is 11.5. The zero-order chi connectivity index (χ0) is 19.5. The second-order valence-corrected chi connectivity index (χ2v) is 9.84. The van der Waals surface area contributed by atoms with Crippen LogP contribution in [0.4, 0.5) is 4.39 Å². The van der Waals surface area contributed by atoms with E-state index in [0.717, 1.165) is 28.5 Å². The highest BCUT2D eigenvalue weighted by Gasteiger charge is 2.35. The smallest absolute Gasteiger partial charge is 0.142 e. The van der Waals surface area contributed by atoms with Crippen LogP contribution in [0, 0.1) is 23.6 Å². The molecule has 0 heterocycles. The standard InChI is InChI=1S/C26H34ClF/c1-2-3-4-5-6-18-7-8-20-14-21(10-9-19(20)13-18)22-11-12-23-16-25(27)26(28)17-24(23)15-22/h11-12,15-21H,2-10,13-14H2,1H3. The predicted molar refractivity (Wildman–Crippen MR) is 119 cm³/mol. The summed E-state index contributed by atoms with van der Waals surface area (Å²) in [5.41, 5.74) is 1.40. The van der Waals surface area contributed by atoms with Crippen LogP contribution in [0.3, 0.4) is 0 Å². The zero-order valence-electron chi connectivity index (χ0n) is 17.2. The predicted octanol–water partition coefficient (Wildman–Crippen LogP) is 8.90. The Morgan fingerprint density at radius 2 is 1.71 bits per heavy atom. The lowest BCUT2D eigenvalue weighted by Gasteiger charge is -2.42. The van der Waals surface area contributed by atoms with Crippen molar-refractivity contribution in [2.24, 2.45) is 17.8 Å². The molecule has 2 heteroatoms. The lowest BCUT2D eigenvalue weighted by molar-refractivity contribution is 0.113. The van der Waals surface area contributed by atoms with E-state index in [1.54, 1.807) is 12.1 Å². The quantitative estimate of drug-likeness (QED) is 0.424. The Balaban J connectivity index is 1.37. The average molecular weight is 401 g/mol. The van der Waals surface area contributed by atoms with Gasteiger partial charge in [0.15, 0.2) is 0 Å². The van der Waals surface area contributed by atoms with E-state index in [9.17, 15) is 4.39 Å². The summed E-state index contributed by atoms with van der Waals surface area (Å²) in [5.74, 6) is 3.18. The topological polar surface area (TPSA) is 0 Å². The van der Waals surface area contributed by atoms with Crippen molar-refractivity contribution in [3.63, 3.8) is 0 Å². The summed E-state index contributed by atoms with van der Waals surface area (Å²) in [6, 6.07) is 9.92. The Labute approximate surface area is 174 Å². The van der Waals surface area contributed by atoms with Crippen molar-refractivity contribution in [1.29, 1.82) is 0 Å². The summed E-state index contributed by atoms with van der Waals surface area (Å²) in [7, 11) is 0. The Kier molecular flexibility index (Phi) is 6.61. The maximum Gasteiger partial charge on any atom is 0.142 e. The molecule has 4 atom stereocenters. The molecule has 0 N–H and O–H groups in total. The van der Waals surface area contributed by atoms with Gasteiger partial charge in [-0.25, -0.2) is 4.39 Å². The SMILES string of the molecule is CCCCCCC1CCC2CC(c3ccc4cc(Cl)c(F)cc4c3)CCC2C1. The number of unbranched alkanes of at least 4 members (excludes halogenated alkanes) is 3. The largest absolute Gasteiger partial charge is 0.205 e. The minimum absolute atomic E-state index is 0.215. The molecule has 2 aromatic carbocycles. The van der Waals surface area contributed by atoms with Gasteiger partial charge in [0.1, 0.15) is 5.82 Å². The van der Waals surface area contributed by atoms with Crippen molar-refractivity contribution in [1.82, 2.24) is 0 Å². The summed E-state index contributed by atoms with van der Waals surface area (Å²) in [4.78, 5) is 0. The molecule has 2 fully saturated rings. The molecule has 0 saturated heterocycles. The maximum absolute atomic E-state index is 13.9. The molecule has 0 radical (unpaired) electrons. The Morgan fingerprint density at radius 3 is 2.57 bits per heavy atom. The van der Waals surface area contributed by atoms with Crippen LogP contribution in [-0.4, -0.2) is 0 Å². The Bertz CT molecular complexity index is 798. The fourth-order valence-corrected chi connectivity index (χ4v) is 6.10. The van der Waals surface area contributed by atoms with Gasteiger partial charge in [0.2, 0.25) is 0 Å². The molecule has 0 aliphatic heterocycles. The molecule has 4 rings (SSSR count). The molecule has 2 aliphatic carbocycles. The Hall–Kier alpha value is -1.08. The highest BCUT2D eigenvalue weighted by molar-refractivity contribution is 6.31. The highest BCUT2D eigenvalue weighted by Crippen LogP contribution is 2.48. The van der Waals surface area contributed by atoms with Gasteiger partial charge in [0.25, 0.3) is 0 Å². The molecule has 0 nitrogen and oxygen atoms in total. The zero-order valence-corrected chi connectivity index (χ0v) is 18.0. The summed E-state index contributed by atoms with van der Waals surface area (Å²) < 4.78 is 13.9. The minimum Gasteiger partial charge on any atom is -0.205 e. The normalized spacial score (nSPS) is 27.7. The second-order valence-electron chi connectivity index (χ2n) is 9.43. The average Bonchev–Trinajstić information content (AvgIpc) is 2.71. The van der Waals surface area contributed by atoms with Crippen molar-refractivity contribution in [3.8, 4) is 0 Å². The van der Waals surface area contributed by atoms with Crippen LogP contribution >= 0.6 is 11.6 Å². The third-order valence-electron chi connectivity index (χ3n) is 7.56. The number of fused-ring (bicyclic) bond motifs is 2. The number of benzene rings is 2. The first-order chi connectivity index (χ1) is 13.6. The van der Waals surface area contributed by atoms with Gasteiger partial charge in [-0.15, -0.1) is 0 Å². The van der Waals surface area contributed by atoms with Gasteiger partial charge >= 0.3 is 0 Å². The molecule has 0 bridgehead atoms. The van der Waals surface area contributed by atoms with E-state index in [-0.39, 0.29) is 10.8 Å².